The maximum Gasteiger partial charge on any atom is 0.123 e. The standard InChI is InChI=1S/C11H14ClFO/c1-3-11(2,14)7-8-6-9(13)4-5-10(8)12/h4-6,14H,3,7H2,1-2H3. The lowest BCUT2D eigenvalue weighted by atomic mass is 9.94. The molecular formula is C11H14ClFO. The fourth-order valence-electron chi connectivity index (χ4n) is 1.21. The van der Waals surface area contributed by atoms with Crippen molar-refractivity contribution in [3.63, 3.8) is 0 Å². The van der Waals surface area contributed by atoms with Gasteiger partial charge < -0.3 is 5.11 Å². The lowest BCUT2D eigenvalue weighted by Gasteiger charge is -2.21. The summed E-state index contributed by atoms with van der Waals surface area (Å²) in [5, 5.41) is 10.3. The highest BCUT2D eigenvalue weighted by atomic mass is 35.5. The highest BCUT2D eigenvalue weighted by Crippen LogP contribution is 2.23. The highest BCUT2D eigenvalue weighted by molar-refractivity contribution is 6.31. The van der Waals surface area contributed by atoms with Crippen LogP contribution < -0.4 is 0 Å². The number of halogens is 2. The van der Waals surface area contributed by atoms with Crippen LogP contribution in [0.5, 0.6) is 0 Å². The van der Waals surface area contributed by atoms with E-state index in [1.807, 2.05) is 6.92 Å². The van der Waals surface area contributed by atoms with E-state index in [9.17, 15) is 9.50 Å². The van der Waals surface area contributed by atoms with E-state index in [1.54, 1.807) is 6.92 Å². The second-order valence-electron chi connectivity index (χ2n) is 3.76. The predicted octanol–water partition coefficient (Wildman–Crippen LogP) is 3.18. The smallest absolute Gasteiger partial charge is 0.123 e. The molecule has 0 aliphatic rings. The van der Waals surface area contributed by atoms with Crippen LogP contribution >= 0.6 is 11.6 Å². The second-order valence-corrected chi connectivity index (χ2v) is 4.17. The van der Waals surface area contributed by atoms with Gasteiger partial charge in [0.1, 0.15) is 5.82 Å². The molecule has 78 valence electrons. The highest BCUT2D eigenvalue weighted by Gasteiger charge is 2.19. The molecule has 1 nitrogen and oxygen atoms in total. The molecule has 14 heavy (non-hydrogen) atoms. The number of aliphatic hydroxyl groups is 1. The van der Waals surface area contributed by atoms with Crippen LogP contribution in [-0.4, -0.2) is 10.7 Å². The SMILES string of the molecule is CCC(C)(O)Cc1cc(F)ccc1Cl. The summed E-state index contributed by atoms with van der Waals surface area (Å²) in [6.45, 7) is 3.60. The number of hydrogen-bond donors (Lipinski definition) is 1. The molecule has 1 N–H and O–H groups in total. The lowest BCUT2D eigenvalue weighted by molar-refractivity contribution is 0.0564. The lowest BCUT2D eigenvalue weighted by Crippen LogP contribution is -2.25. The van der Waals surface area contributed by atoms with Gasteiger partial charge in [-0.15, -0.1) is 0 Å². The van der Waals surface area contributed by atoms with Crippen LogP contribution in [0, 0.1) is 5.82 Å². The molecule has 0 amide bonds. The Balaban J connectivity index is 2.91. The van der Waals surface area contributed by atoms with Gasteiger partial charge in [-0.1, -0.05) is 18.5 Å². The van der Waals surface area contributed by atoms with Crippen LogP contribution in [-0.2, 0) is 6.42 Å². The Hall–Kier alpha value is -0.600. The summed E-state index contributed by atoms with van der Waals surface area (Å²) in [4.78, 5) is 0. The van der Waals surface area contributed by atoms with Crippen molar-refractivity contribution in [2.75, 3.05) is 0 Å². The van der Waals surface area contributed by atoms with E-state index in [0.29, 0.717) is 23.4 Å². The topological polar surface area (TPSA) is 20.2 Å². The van der Waals surface area contributed by atoms with E-state index in [-0.39, 0.29) is 5.82 Å². The molecule has 0 saturated carbocycles. The van der Waals surface area contributed by atoms with Crippen LogP contribution in [0.3, 0.4) is 0 Å². The van der Waals surface area contributed by atoms with E-state index in [1.165, 1.54) is 18.2 Å². The minimum atomic E-state index is -0.822. The average molecular weight is 217 g/mol. The van der Waals surface area contributed by atoms with E-state index in [0.717, 1.165) is 0 Å². The summed E-state index contributed by atoms with van der Waals surface area (Å²) in [6.07, 6.45) is 0.986. The van der Waals surface area contributed by atoms with Gasteiger partial charge in [-0.2, -0.15) is 0 Å². The molecule has 1 atom stereocenters. The minimum Gasteiger partial charge on any atom is -0.390 e. The number of rotatable bonds is 3. The van der Waals surface area contributed by atoms with E-state index < -0.39 is 5.60 Å². The Labute approximate surface area is 88.5 Å². The zero-order valence-electron chi connectivity index (χ0n) is 8.35. The van der Waals surface area contributed by atoms with Gasteiger partial charge >= 0.3 is 0 Å². The van der Waals surface area contributed by atoms with Crippen LogP contribution in [0.4, 0.5) is 4.39 Å². The second kappa shape index (κ2) is 4.28. The summed E-state index contributed by atoms with van der Waals surface area (Å²) in [7, 11) is 0. The van der Waals surface area contributed by atoms with Gasteiger partial charge in [0.25, 0.3) is 0 Å². The molecule has 0 aliphatic carbocycles. The van der Waals surface area contributed by atoms with Crippen LogP contribution in [0.2, 0.25) is 5.02 Å². The first-order chi connectivity index (χ1) is 6.44. The Bertz CT molecular complexity index is 323. The summed E-state index contributed by atoms with van der Waals surface area (Å²) in [5.74, 6) is -0.323. The van der Waals surface area contributed by atoms with E-state index in [4.69, 9.17) is 11.6 Å². The fraction of sp³-hybridized carbons (Fsp3) is 0.455. The van der Waals surface area contributed by atoms with Gasteiger partial charge in [0.05, 0.1) is 5.60 Å². The Morgan fingerprint density at radius 1 is 1.50 bits per heavy atom. The van der Waals surface area contributed by atoms with Crippen molar-refractivity contribution >= 4 is 11.6 Å². The molecule has 1 aromatic carbocycles. The third kappa shape index (κ3) is 2.96. The molecule has 3 heteroatoms. The van der Waals surface area contributed by atoms with Crippen molar-refractivity contribution in [2.24, 2.45) is 0 Å². The minimum absolute atomic E-state index is 0.323. The molecule has 0 spiro atoms. The Kier molecular flexibility index (Phi) is 3.51. The zero-order valence-corrected chi connectivity index (χ0v) is 9.11. The molecule has 0 saturated heterocycles. The molecule has 0 radical (unpaired) electrons. The molecule has 0 aromatic heterocycles. The van der Waals surface area contributed by atoms with Gasteiger partial charge in [-0.3, -0.25) is 0 Å². The maximum atomic E-state index is 12.9. The third-order valence-electron chi connectivity index (χ3n) is 2.34. The number of hydrogen-bond acceptors (Lipinski definition) is 1. The third-order valence-corrected chi connectivity index (χ3v) is 2.71. The molecule has 1 aromatic rings. The van der Waals surface area contributed by atoms with Crippen molar-refractivity contribution in [1.29, 1.82) is 0 Å². The monoisotopic (exact) mass is 216 g/mol. The maximum absolute atomic E-state index is 12.9. The van der Waals surface area contributed by atoms with Gasteiger partial charge in [0.2, 0.25) is 0 Å². The first kappa shape index (κ1) is 11.5. The van der Waals surface area contributed by atoms with Gasteiger partial charge in [-0.05, 0) is 37.1 Å². The summed E-state index contributed by atoms with van der Waals surface area (Å²) in [6, 6.07) is 4.19. The summed E-state index contributed by atoms with van der Waals surface area (Å²) >= 11 is 5.88. The van der Waals surface area contributed by atoms with Gasteiger partial charge in [0.15, 0.2) is 0 Å². The van der Waals surface area contributed by atoms with Gasteiger partial charge in [0, 0.05) is 11.4 Å². The largest absolute Gasteiger partial charge is 0.390 e. The Morgan fingerprint density at radius 3 is 2.71 bits per heavy atom. The average Bonchev–Trinajstić information content (AvgIpc) is 2.11. The summed E-state index contributed by atoms with van der Waals surface area (Å²) in [5.41, 5.74) is -0.171. The van der Waals surface area contributed by atoms with Crippen molar-refractivity contribution in [2.45, 2.75) is 32.3 Å². The van der Waals surface area contributed by atoms with E-state index >= 15 is 0 Å². The molecular weight excluding hydrogens is 203 g/mol. The molecule has 0 heterocycles. The van der Waals surface area contributed by atoms with Crippen LogP contribution in [0.25, 0.3) is 0 Å². The van der Waals surface area contributed by atoms with Crippen LogP contribution in [0.1, 0.15) is 25.8 Å². The molecule has 0 fully saturated rings. The quantitative estimate of drug-likeness (QED) is 0.823. The number of benzene rings is 1. The van der Waals surface area contributed by atoms with E-state index in [2.05, 4.69) is 0 Å². The van der Waals surface area contributed by atoms with Crippen molar-refractivity contribution in [3.8, 4) is 0 Å². The van der Waals surface area contributed by atoms with Crippen molar-refractivity contribution in [1.82, 2.24) is 0 Å². The van der Waals surface area contributed by atoms with Crippen LogP contribution in [0.15, 0.2) is 18.2 Å². The zero-order chi connectivity index (χ0) is 10.8. The Morgan fingerprint density at radius 2 is 2.14 bits per heavy atom. The first-order valence-corrected chi connectivity index (χ1v) is 4.99. The van der Waals surface area contributed by atoms with Crippen molar-refractivity contribution < 1.29 is 9.50 Å². The predicted molar refractivity (Wildman–Crippen MR) is 56.0 cm³/mol. The van der Waals surface area contributed by atoms with Gasteiger partial charge in [-0.25, -0.2) is 4.39 Å². The summed E-state index contributed by atoms with van der Waals surface area (Å²) < 4.78 is 12.9. The molecule has 0 aliphatic heterocycles. The first-order valence-electron chi connectivity index (χ1n) is 4.61. The molecule has 1 rings (SSSR count). The normalized spacial score (nSPS) is 15.2. The molecule has 1 unspecified atom stereocenters. The van der Waals surface area contributed by atoms with Crippen molar-refractivity contribution in [3.05, 3.63) is 34.6 Å². The fourth-order valence-corrected chi connectivity index (χ4v) is 1.40. The molecule has 0 bridgehead atoms.